The van der Waals surface area contributed by atoms with Crippen LogP contribution in [0.5, 0.6) is 0 Å². The second-order valence-corrected chi connectivity index (χ2v) is 5.77. The fraction of sp³-hybridized carbons (Fsp3) is 0.538. The summed E-state index contributed by atoms with van der Waals surface area (Å²) in [6.45, 7) is 1.77. The Morgan fingerprint density at radius 3 is 2.70 bits per heavy atom. The van der Waals surface area contributed by atoms with Crippen LogP contribution < -0.4 is 0 Å². The molecule has 1 aliphatic heterocycles. The number of rotatable bonds is 4. The van der Waals surface area contributed by atoms with Crippen molar-refractivity contribution in [1.29, 1.82) is 0 Å². The SMILES string of the molecule is COC1CCN(Cc2c(F)cc(Br)cc2[N+](=O)[O-])CC1. The molecule has 0 aromatic heterocycles. The van der Waals surface area contributed by atoms with E-state index in [1.165, 1.54) is 12.1 Å². The quantitative estimate of drug-likeness (QED) is 0.620. The van der Waals surface area contributed by atoms with Gasteiger partial charge >= 0.3 is 0 Å². The van der Waals surface area contributed by atoms with Crippen LogP contribution in [0.15, 0.2) is 16.6 Å². The Balaban J connectivity index is 2.15. The molecule has 20 heavy (non-hydrogen) atoms. The van der Waals surface area contributed by atoms with Crippen LogP contribution in [-0.2, 0) is 11.3 Å². The average Bonchev–Trinajstić information content (AvgIpc) is 2.42. The van der Waals surface area contributed by atoms with Crippen molar-refractivity contribution in [2.45, 2.75) is 25.5 Å². The number of methoxy groups -OCH3 is 1. The second-order valence-electron chi connectivity index (χ2n) is 4.85. The van der Waals surface area contributed by atoms with Gasteiger partial charge in [0.1, 0.15) is 5.82 Å². The Kier molecular flexibility index (Phi) is 5.06. The highest BCUT2D eigenvalue weighted by atomic mass is 79.9. The monoisotopic (exact) mass is 346 g/mol. The van der Waals surface area contributed by atoms with Gasteiger partial charge in [0, 0.05) is 37.3 Å². The lowest BCUT2D eigenvalue weighted by Gasteiger charge is -2.31. The fourth-order valence-corrected chi connectivity index (χ4v) is 2.85. The van der Waals surface area contributed by atoms with E-state index in [2.05, 4.69) is 15.9 Å². The Hall–Kier alpha value is -1.05. The minimum Gasteiger partial charge on any atom is -0.381 e. The zero-order valence-corrected chi connectivity index (χ0v) is 12.7. The van der Waals surface area contributed by atoms with Crippen LogP contribution in [0.4, 0.5) is 10.1 Å². The molecule has 1 fully saturated rings. The van der Waals surface area contributed by atoms with Gasteiger partial charge in [-0.15, -0.1) is 0 Å². The first-order valence-corrected chi connectivity index (χ1v) is 7.18. The molecule has 1 saturated heterocycles. The van der Waals surface area contributed by atoms with Gasteiger partial charge in [0.05, 0.1) is 16.6 Å². The number of likely N-dealkylation sites (tertiary alicyclic amines) is 1. The van der Waals surface area contributed by atoms with Gasteiger partial charge in [-0.25, -0.2) is 4.39 Å². The Bertz CT molecular complexity index is 505. The molecule has 1 aromatic carbocycles. The number of nitrogens with zero attached hydrogens (tertiary/aromatic N) is 2. The maximum absolute atomic E-state index is 14.0. The topological polar surface area (TPSA) is 55.6 Å². The van der Waals surface area contributed by atoms with Crippen molar-refractivity contribution in [3.63, 3.8) is 0 Å². The van der Waals surface area contributed by atoms with E-state index in [0.717, 1.165) is 25.9 Å². The zero-order chi connectivity index (χ0) is 14.7. The molecule has 1 aromatic rings. The highest BCUT2D eigenvalue weighted by molar-refractivity contribution is 9.10. The maximum Gasteiger partial charge on any atom is 0.277 e. The standard InChI is InChI=1S/C13H16BrFN2O3/c1-20-10-2-4-16(5-3-10)8-11-12(15)6-9(14)7-13(11)17(18)19/h6-7,10H,2-5,8H2,1H3. The largest absolute Gasteiger partial charge is 0.381 e. The second kappa shape index (κ2) is 6.60. The third-order valence-electron chi connectivity index (χ3n) is 3.58. The first-order chi connectivity index (χ1) is 9.51. The van der Waals surface area contributed by atoms with Crippen LogP contribution in [0, 0.1) is 15.9 Å². The number of nitro benzene ring substituents is 1. The number of piperidine rings is 1. The third kappa shape index (κ3) is 3.53. The summed E-state index contributed by atoms with van der Waals surface area (Å²) >= 11 is 3.08. The van der Waals surface area contributed by atoms with Crippen molar-refractivity contribution < 1.29 is 14.1 Å². The van der Waals surface area contributed by atoms with Crippen LogP contribution >= 0.6 is 15.9 Å². The number of benzene rings is 1. The molecular weight excluding hydrogens is 331 g/mol. The lowest BCUT2D eigenvalue weighted by Crippen LogP contribution is -2.36. The minimum absolute atomic E-state index is 0.147. The molecule has 5 nitrogen and oxygen atoms in total. The van der Waals surface area contributed by atoms with Gasteiger partial charge in [-0.3, -0.25) is 15.0 Å². The molecule has 1 aliphatic rings. The molecule has 0 unspecified atom stereocenters. The zero-order valence-electron chi connectivity index (χ0n) is 11.1. The molecule has 0 saturated carbocycles. The number of halogens is 2. The number of nitro groups is 1. The van der Waals surface area contributed by atoms with Gasteiger partial charge in [0.2, 0.25) is 0 Å². The Morgan fingerprint density at radius 2 is 2.15 bits per heavy atom. The minimum atomic E-state index is -0.542. The molecule has 7 heteroatoms. The van der Waals surface area contributed by atoms with Gasteiger partial charge in [0.25, 0.3) is 5.69 Å². The summed E-state index contributed by atoms with van der Waals surface area (Å²) in [6, 6.07) is 2.62. The van der Waals surface area contributed by atoms with E-state index in [1.54, 1.807) is 7.11 Å². The summed E-state index contributed by atoms with van der Waals surface area (Å²) in [6.07, 6.45) is 1.96. The summed E-state index contributed by atoms with van der Waals surface area (Å²) in [5, 5.41) is 11.0. The first-order valence-electron chi connectivity index (χ1n) is 6.38. The van der Waals surface area contributed by atoms with Crippen molar-refractivity contribution >= 4 is 21.6 Å². The Morgan fingerprint density at radius 1 is 1.50 bits per heavy atom. The molecule has 0 amide bonds. The molecule has 0 aliphatic carbocycles. The van der Waals surface area contributed by atoms with Crippen molar-refractivity contribution in [2.24, 2.45) is 0 Å². The van der Waals surface area contributed by atoms with E-state index in [1.807, 2.05) is 4.90 Å². The average molecular weight is 347 g/mol. The van der Waals surface area contributed by atoms with Gasteiger partial charge in [0.15, 0.2) is 0 Å². The fourth-order valence-electron chi connectivity index (χ4n) is 2.44. The number of hydrogen-bond donors (Lipinski definition) is 0. The van der Waals surface area contributed by atoms with Gasteiger partial charge in [-0.05, 0) is 18.9 Å². The predicted molar refractivity (Wildman–Crippen MR) is 76.1 cm³/mol. The van der Waals surface area contributed by atoms with Crippen molar-refractivity contribution in [1.82, 2.24) is 4.90 Å². The van der Waals surface area contributed by atoms with Crippen LogP contribution in [0.3, 0.4) is 0 Å². The van der Waals surface area contributed by atoms with E-state index in [4.69, 9.17) is 4.74 Å². The number of ether oxygens (including phenoxy) is 1. The normalized spacial score (nSPS) is 17.4. The highest BCUT2D eigenvalue weighted by Crippen LogP contribution is 2.28. The van der Waals surface area contributed by atoms with E-state index in [-0.39, 0.29) is 23.9 Å². The van der Waals surface area contributed by atoms with Crippen molar-refractivity contribution in [3.05, 3.63) is 38.1 Å². The summed E-state index contributed by atoms with van der Waals surface area (Å²) < 4.78 is 19.6. The van der Waals surface area contributed by atoms with Gasteiger partial charge in [-0.1, -0.05) is 15.9 Å². The van der Waals surface area contributed by atoms with E-state index in [0.29, 0.717) is 4.47 Å². The molecule has 1 heterocycles. The van der Waals surface area contributed by atoms with Gasteiger partial charge in [-0.2, -0.15) is 0 Å². The van der Waals surface area contributed by atoms with Crippen molar-refractivity contribution in [2.75, 3.05) is 20.2 Å². The van der Waals surface area contributed by atoms with Crippen LogP contribution in [0.25, 0.3) is 0 Å². The van der Waals surface area contributed by atoms with E-state index < -0.39 is 10.7 Å². The molecular formula is C13H16BrFN2O3. The third-order valence-corrected chi connectivity index (χ3v) is 4.04. The van der Waals surface area contributed by atoms with E-state index >= 15 is 0 Å². The van der Waals surface area contributed by atoms with Gasteiger partial charge < -0.3 is 4.74 Å². The van der Waals surface area contributed by atoms with Crippen LogP contribution in [0.1, 0.15) is 18.4 Å². The lowest BCUT2D eigenvalue weighted by molar-refractivity contribution is -0.386. The predicted octanol–water partition coefficient (Wildman–Crippen LogP) is 3.11. The molecule has 110 valence electrons. The van der Waals surface area contributed by atoms with Crippen molar-refractivity contribution in [3.8, 4) is 0 Å². The highest BCUT2D eigenvalue weighted by Gasteiger charge is 2.24. The molecule has 2 rings (SSSR count). The summed E-state index contributed by atoms with van der Waals surface area (Å²) in [5.74, 6) is -0.542. The van der Waals surface area contributed by atoms with Crippen LogP contribution in [-0.4, -0.2) is 36.1 Å². The Labute approximate surface area is 125 Å². The molecule has 0 bridgehead atoms. The molecule has 0 radical (unpaired) electrons. The summed E-state index contributed by atoms with van der Waals surface area (Å²) in [7, 11) is 1.68. The molecule has 0 atom stereocenters. The summed E-state index contributed by atoms with van der Waals surface area (Å²) in [4.78, 5) is 12.5. The maximum atomic E-state index is 14.0. The lowest BCUT2D eigenvalue weighted by atomic mass is 10.1. The van der Waals surface area contributed by atoms with Crippen LogP contribution in [0.2, 0.25) is 0 Å². The molecule has 0 spiro atoms. The summed E-state index contributed by atoms with van der Waals surface area (Å²) in [5.41, 5.74) is -0.0280. The van der Waals surface area contributed by atoms with E-state index in [9.17, 15) is 14.5 Å². The smallest absolute Gasteiger partial charge is 0.277 e. The first kappa shape index (κ1) is 15.3. The number of hydrogen-bond acceptors (Lipinski definition) is 4. The molecule has 0 N–H and O–H groups in total.